The first-order valence-corrected chi connectivity index (χ1v) is 10.2. The van der Waals surface area contributed by atoms with E-state index in [4.69, 9.17) is 4.74 Å². The van der Waals surface area contributed by atoms with Crippen LogP contribution in [0.1, 0.15) is 44.2 Å². The summed E-state index contributed by atoms with van der Waals surface area (Å²) in [4.78, 5) is 15.4. The van der Waals surface area contributed by atoms with Gasteiger partial charge in [-0.05, 0) is 36.8 Å². The van der Waals surface area contributed by atoms with Crippen molar-refractivity contribution in [3.8, 4) is 0 Å². The lowest BCUT2D eigenvalue weighted by Gasteiger charge is -2.42. The third-order valence-electron chi connectivity index (χ3n) is 5.67. The van der Waals surface area contributed by atoms with E-state index in [0.717, 1.165) is 37.9 Å². The highest BCUT2D eigenvalue weighted by Gasteiger charge is 2.38. The van der Waals surface area contributed by atoms with Crippen LogP contribution in [0, 0.1) is 11.8 Å². The maximum atomic E-state index is 12.8. The van der Waals surface area contributed by atoms with Crippen molar-refractivity contribution in [1.29, 1.82) is 0 Å². The van der Waals surface area contributed by atoms with Gasteiger partial charge >= 0.3 is 5.97 Å². The Kier molecular flexibility index (Phi) is 7.05. The number of piperidine rings is 1. The summed E-state index contributed by atoms with van der Waals surface area (Å²) in [6.45, 7) is 6.73. The molecule has 1 aliphatic rings. The van der Waals surface area contributed by atoms with Crippen LogP contribution in [-0.4, -0.2) is 23.5 Å². The van der Waals surface area contributed by atoms with E-state index in [2.05, 4.69) is 49.1 Å². The summed E-state index contributed by atoms with van der Waals surface area (Å²) in [6.07, 6.45) is 3.05. The zero-order chi connectivity index (χ0) is 19.1. The number of ether oxygens (including phenoxy) is 1. The van der Waals surface area contributed by atoms with Gasteiger partial charge in [0.1, 0.15) is 6.61 Å². The molecule has 1 fully saturated rings. The fraction of sp³-hybridized carbons (Fsp3) is 0.458. The number of hydrogen-bond donors (Lipinski definition) is 0. The Morgan fingerprint density at radius 3 is 2.30 bits per heavy atom. The van der Waals surface area contributed by atoms with Gasteiger partial charge in [0.25, 0.3) is 0 Å². The molecule has 0 bridgehead atoms. The zero-order valence-corrected chi connectivity index (χ0v) is 16.5. The molecule has 0 radical (unpaired) electrons. The lowest BCUT2D eigenvalue weighted by Crippen LogP contribution is -2.48. The van der Waals surface area contributed by atoms with Gasteiger partial charge in [-0.2, -0.15) is 0 Å². The molecule has 3 nitrogen and oxygen atoms in total. The van der Waals surface area contributed by atoms with Crippen molar-refractivity contribution in [1.82, 2.24) is 4.90 Å². The Morgan fingerprint density at radius 1 is 1.04 bits per heavy atom. The van der Waals surface area contributed by atoms with Crippen LogP contribution in [-0.2, 0) is 22.7 Å². The van der Waals surface area contributed by atoms with Crippen molar-refractivity contribution in [2.75, 3.05) is 6.54 Å². The highest BCUT2D eigenvalue weighted by Crippen LogP contribution is 2.33. The predicted octanol–water partition coefficient (Wildman–Crippen LogP) is 5.06. The number of likely N-dealkylation sites (tertiary alicyclic amines) is 1. The average Bonchev–Trinajstić information content (AvgIpc) is 2.70. The van der Waals surface area contributed by atoms with Crippen LogP contribution < -0.4 is 0 Å². The standard InChI is InChI=1S/C24H31NO2/c1-3-10-22-17-25(16-20-11-6-4-7-12-20)19(2)15-23(22)24(26)27-18-21-13-8-5-9-14-21/h4-9,11-14,19,22-23H,3,10,15-18H2,1-2H3/t19-,22+,23+/m1/s1. The molecule has 2 aromatic carbocycles. The van der Waals surface area contributed by atoms with E-state index >= 15 is 0 Å². The fourth-order valence-corrected chi connectivity index (χ4v) is 4.14. The minimum absolute atomic E-state index is 0.00989. The van der Waals surface area contributed by atoms with Gasteiger partial charge in [-0.25, -0.2) is 0 Å². The van der Waals surface area contributed by atoms with E-state index in [-0.39, 0.29) is 11.9 Å². The van der Waals surface area contributed by atoms with Crippen molar-refractivity contribution in [3.63, 3.8) is 0 Å². The number of esters is 1. The fourth-order valence-electron chi connectivity index (χ4n) is 4.14. The van der Waals surface area contributed by atoms with Gasteiger partial charge in [-0.3, -0.25) is 9.69 Å². The van der Waals surface area contributed by atoms with Gasteiger partial charge in [0.05, 0.1) is 5.92 Å². The molecule has 3 rings (SSSR count). The monoisotopic (exact) mass is 365 g/mol. The SMILES string of the molecule is CCC[C@H]1CN(Cc2ccccc2)[C@H](C)C[C@@H]1C(=O)OCc1ccccc1. The van der Waals surface area contributed by atoms with Gasteiger partial charge in [-0.15, -0.1) is 0 Å². The zero-order valence-electron chi connectivity index (χ0n) is 16.5. The lowest BCUT2D eigenvalue weighted by molar-refractivity contribution is -0.155. The number of carbonyl (C=O) groups excluding carboxylic acids is 1. The molecular weight excluding hydrogens is 334 g/mol. The molecule has 3 heteroatoms. The highest BCUT2D eigenvalue weighted by molar-refractivity contribution is 5.73. The summed E-state index contributed by atoms with van der Waals surface area (Å²) >= 11 is 0. The minimum Gasteiger partial charge on any atom is -0.461 e. The third-order valence-corrected chi connectivity index (χ3v) is 5.67. The van der Waals surface area contributed by atoms with Crippen LogP contribution in [0.25, 0.3) is 0 Å². The molecule has 0 spiro atoms. The molecule has 27 heavy (non-hydrogen) atoms. The Bertz CT molecular complexity index is 701. The van der Waals surface area contributed by atoms with Gasteiger partial charge in [0.2, 0.25) is 0 Å². The average molecular weight is 366 g/mol. The van der Waals surface area contributed by atoms with Crippen LogP contribution in [0.5, 0.6) is 0 Å². The molecule has 144 valence electrons. The Balaban J connectivity index is 1.62. The van der Waals surface area contributed by atoms with Crippen LogP contribution in [0.2, 0.25) is 0 Å². The molecule has 2 aromatic rings. The van der Waals surface area contributed by atoms with Crippen LogP contribution in [0.15, 0.2) is 60.7 Å². The minimum atomic E-state index is -0.0245. The van der Waals surface area contributed by atoms with E-state index in [0.29, 0.717) is 18.6 Å². The third kappa shape index (κ3) is 5.43. The number of hydrogen-bond acceptors (Lipinski definition) is 3. The molecule has 1 saturated heterocycles. The number of rotatable bonds is 7. The molecule has 3 atom stereocenters. The van der Waals surface area contributed by atoms with E-state index in [1.54, 1.807) is 0 Å². The molecule has 0 saturated carbocycles. The summed E-state index contributed by atoms with van der Waals surface area (Å²) in [5.74, 6) is 0.359. The molecule has 1 heterocycles. The number of benzene rings is 2. The summed E-state index contributed by atoms with van der Waals surface area (Å²) in [5, 5.41) is 0. The molecule has 0 amide bonds. The van der Waals surface area contributed by atoms with Crippen LogP contribution >= 0.6 is 0 Å². The predicted molar refractivity (Wildman–Crippen MR) is 109 cm³/mol. The summed E-state index contributed by atoms with van der Waals surface area (Å²) in [7, 11) is 0. The molecule has 0 aliphatic carbocycles. The van der Waals surface area contributed by atoms with Gasteiger partial charge in [0, 0.05) is 19.1 Å². The quantitative estimate of drug-likeness (QED) is 0.643. The Morgan fingerprint density at radius 2 is 1.67 bits per heavy atom. The molecule has 0 aromatic heterocycles. The molecule has 0 unspecified atom stereocenters. The van der Waals surface area contributed by atoms with Crippen molar-refractivity contribution in [2.45, 2.75) is 52.3 Å². The van der Waals surface area contributed by atoms with Crippen LogP contribution in [0.3, 0.4) is 0 Å². The largest absolute Gasteiger partial charge is 0.461 e. The maximum Gasteiger partial charge on any atom is 0.309 e. The van der Waals surface area contributed by atoms with Gasteiger partial charge in [0.15, 0.2) is 0 Å². The van der Waals surface area contributed by atoms with Gasteiger partial charge in [-0.1, -0.05) is 74.0 Å². The first kappa shape index (κ1) is 19.6. The normalized spacial score (nSPS) is 23.1. The second kappa shape index (κ2) is 9.70. The summed E-state index contributed by atoms with van der Waals surface area (Å²) in [6, 6.07) is 20.9. The number of carbonyl (C=O) groups is 1. The lowest BCUT2D eigenvalue weighted by atomic mass is 9.79. The summed E-state index contributed by atoms with van der Waals surface area (Å²) in [5.41, 5.74) is 2.39. The highest BCUT2D eigenvalue weighted by atomic mass is 16.5. The van der Waals surface area contributed by atoms with Crippen molar-refractivity contribution >= 4 is 5.97 Å². The van der Waals surface area contributed by atoms with E-state index < -0.39 is 0 Å². The molecule has 0 N–H and O–H groups in total. The first-order chi connectivity index (χ1) is 13.2. The second-order valence-corrected chi connectivity index (χ2v) is 7.75. The second-order valence-electron chi connectivity index (χ2n) is 7.75. The topological polar surface area (TPSA) is 29.5 Å². The van der Waals surface area contributed by atoms with Crippen molar-refractivity contribution in [3.05, 3.63) is 71.8 Å². The van der Waals surface area contributed by atoms with E-state index in [1.165, 1.54) is 5.56 Å². The van der Waals surface area contributed by atoms with E-state index in [9.17, 15) is 4.79 Å². The maximum absolute atomic E-state index is 12.8. The molecular formula is C24H31NO2. The van der Waals surface area contributed by atoms with E-state index in [1.807, 2.05) is 30.3 Å². The Hall–Kier alpha value is -2.13. The Labute approximate surface area is 163 Å². The number of nitrogens with zero attached hydrogens (tertiary/aromatic N) is 1. The first-order valence-electron chi connectivity index (χ1n) is 10.2. The van der Waals surface area contributed by atoms with Gasteiger partial charge < -0.3 is 4.74 Å². The summed E-state index contributed by atoms with van der Waals surface area (Å²) < 4.78 is 5.69. The van der Waals surface area contributed by atoms with Crippen LogP contribution in [0.4, 0.5) is 0 Å². The van der Waals surface area contributed by atoms with Crippen molar-refractivity contribution < 1.29 is 9.53 Å². The van der Waals surface area contributed by atoms with Crippen molar-refractivity contribution in [2.24, 2.45) is 11.8 Å². The smallest absolute Gasteiger partial charge is 0.309 e. The molecule has 1 aliphatic heterocycles.